The monoisotopic (exact) mass is 547 g/mol. The van der Waals surface area contributed by atoms with E-state index >= 15 is 0 Å². The number of halogens is 2. The normalized spacial score (nSPS) is 33.4. The first-order chi connectivity index (χ1) is 18.9. The van der Waals surface area contributed by atoms with Crippen LogP contribution in [0.5, 0.6) is 17.2 Å². The van der Waals surface area contributed by atoms with Gasteiger partial charge in [-0.1, -0.05) is 38.5 Å². The number of amides is 2. The van der Waals surface area contributed by atoms with E-state index in [1.165, 1.54) is 56.7 Å². The van der Waals surface area contributed by atoms with Crippen molar-refractivity contribution < 1.29 is 32.6 Å². The highest BCUT2D eigenvalue weighted by atomic mass is 19.3. The van der Waals surface area contributed by atoms with Crippen molar-refractivity contribution in [2.75, 3.05) is 19.7 Å². The Morgan fingerprint density at radius 3 is 2.38 bits per heavy atom. The Balaban J connectivity index is 1.01. The van der Waals surface area contributed by atoms with Crippen molar-refractivity contribution in [3.63, 3.8) is 0 Å². The van der Waals surface area contributed by atoms with Crippen LogP contribution in [0.15, 0.2) is 18.2 Å². The highest BCUT2D eigenvalue weighted by Gasteiger charge is 2.50. The number of alkyl halides is 2. The van der Waals surface area contributed by atoms with Gasteiger partial charge in [-0.15, -0.1) is 8.78 Å². The van der Waals surface area contributed by atoms with Crippen molar-refractivity contribution >= 4 is 11.8 Å². The zero-order valence-corrected chi connectivity index (χ0v) is 22.3. The zero-order chi connectivity index (χ0) is 27.0. The minimum absolute atomic E-state index is 0.0114. The van der Waals surface area contributed by atoms with Crippen LogP contribution in [0.4, 0.5) is 8.78 Å². The molecule has 39 heavy (non-hydrogen) atoms. The molecule has 2 heterocycles. The summed E-state index contributed by atoms with van der Waals surface area (Å²) in [7, 11) is 0. The van der Waals surface area contributed by atoms with Crippen LogP contribution in [0.2, 0.25) is 0 Å². The Bertz CT molecular complexity index is 1060. The molecular weight excluding hydrogens is 508 g/mol. The predicted molar refractivity (Wildman–Crippen MR) is 138 cm³/mol. The summed E-state index contributed by atoms with van der Waals surface area (Å²) in [6.45, 7) is 1.51. The van der Waals surface area contributed by atoms with Crippen molar-refractivity contribution in [3.05, 3.63) is 18.2 Å². The summed E-state index contributed by atoms with van der Waals surface area (Å²) in [6.07, 6.45) is 7.89. The van der Waals surface area contributed by atoms with Crippen molar-refractivity contribution in [3.8, 4) is 17.2 Å². The van der Waals surface area contributed by atoms with Crippen molar-refractivity contribution in [1.29, 1.82) is 0 Å². The molecule has 1 aromatic rings. The van der Waals surface area contributed by atoms with E-state index in [1.807, 2.05) is 0 Å². The first kappa shape index (κ1) is 26.6. The number of piperidine rings is 1. The van der Waals surface area contributed by atoms with Gasteiger partial charge in [0, 0.05) is 24.7 Å². The minimum atomic E-state index is -3.70. The Kier molecular flexibility index (Phi) is 7.57. The zero-order valence-electron chi connectivity index (χ0n) is 22.3. The van der Waals surface area contributed by atoms with Crippen LogP contribution in [0.25, 0.3) is 0 Å². The number of rotatable bonds is 7. The van der Waals surface area contributed by atoms with Crippen molar-refractivity contribution in [2.24, 2.45) is 29.6 Å². The Morgan fingerprint density at radius 1 is 0.923 bits per heavy atom. The van der Waals surface area contributed by atoms with Crippen LogP contribution >= 0.6 is 0 Å². The van der Waals surface area contributed by atoms with E-state index < -0.39 is 6.29 Å². The van der Waals surface area contributed by atoms with Gasteiger partial charge in [-0.25, -0.2) is 0 Å². The molecule has 3 aliphatic carbocycles. The summed E-state index contributed by atoms with van der Waals surface area (Å²) >= 11 is 0. The molecule has 8 nitrogen and oxygen atoms in total. The lowest BCUT2D eigenvalue weighted by Gasteiger charge is -2.39. The largest absolute Gasteiger partial charge is 0.586 e. The molecule has 1 aromatic carbocycles. The lowest BCUT2D eigenvalue weighted by atomic mass is 9.72. The average molecular weight is 548 g/mol. The first-order valence-electron chi connectivity index (χ1n) is 14.7. The summed E-state index contributed by atoms with van der Waals surface area (Å²) in [4.78, 5) is 26.3. The van der Waals surface area contributed by atoms with Gasteiger partial charge in [-0.2, -0.15) is 0 Å². The molecule has 3 N–H and O–H groups in total. The van der Waals surface area contributed by atoms with E-state index in [4.69, 9.17) is 4.74 Å². The van der Waals surface area contributed by atoms with Crippen LogP contribution in [0, 0.1) is 29.6 Å². The van der Waals surface area contributed by atoms with E-state index in [9.17, 15) is 18.4 Å². The van der Waals surface area contributed by atoms with Crippen LogP contribution in [0.3, 0.4) is 0 Å². The highest BCUT2D eigenvalue weighted by Crippen LogP contribution is 2.47. The van der Waals surface area contributed by atoms with E-state index in [-0.39, 0.29) is 53.7 Å². The molecule has 214 valence electrons. The number of ether oxygens (including phenoxy) is 3. The van der Waals surface area contributed by atoms with E-state index in [1.54, 1.807) is 0 Å². The molecule has 5 aliphatic rings. The number of benzene rings is 1. The fourth-order valence-corrected chi connectivity index (χ4v) is 7.68. The number of hydrogen-bond acceptors (Lipinski definition) is 6. The van der Waals surface area contributed by atoms with Gasteiger partial charge in [0.15, 0.2) is 18.1 Å². The van der Waals surface area contributed by atoms with Gasteiger partial charge < -0.3 is 30.2 Å². The molecule has 0 radical (unpaired) electrons. The molecule has 1 saturated heterocycles. The van der Waals surface area contributed by atoms with Crippen molar-refractivity contribution in [2.45, 2.75) is 82.6 Å². The van der Waals surface area contributed by atoms with Gasteiger partial charge in [0.1, 0.15) is 5.75 Å². The predicted octanol–water partition coefficient (Wildman–Crippen LogP) is 3.98. The Labute approximate surface area is 227 Å². The second kappa shape index (κ2) is 11.1. The van der Waals surface area contributed by atoms with Gasteiger partial charge in [0.2, 0.25) is 5.91 Å². The SMILES string of the molecule is O=C(COc1ccc2c(c1)OC(F)(F)O2)NC1C[C@H](NC(=O)C2CNCCC2C2CCCCCC2)C2CCC12. The molecule has 4 fully saturated rings. The third-order valence-electron chi connectivity index (χ3n) is 9.72. The fourth-order valence-electron chi connectivity index (χ4n) is 7.68. The third kappa shape index (κ3) is 5.81. The van der Waals surface area contributed by atoms with Crippen LogP contribution < -0.4 is 30.2 Å². The molecule has 0 aromatic heterocycles. The molecule has 3 saturated carbocycles. The minimum Gasteiger partial charge on any atom is -0.484 e. The summed E-state index contributed by atoms with van der Waals surface area (Å²) < 4.78 is 40.8. The number of nitrogens with one attached hydrogen (secondary N) is 3. The molecule has 5 unspecified atom stereocenters. The third-order valence-corrected chi connectivity index (χ3v) is 9.72. The maximum Gasteiger partial charge on any atom is 0.586 e. The Morgan fingerprint density at radius 2 is 1.64 bits per heavy atom. The summed E-state index contributed by atoms with van der Waals surface area (Å²) in [5.74, 6) is 1.82. The average Bonchev–Trinajstić information content (AvgIpc) is 3.14. The lowest BCUT2D eigenvalue weighted by Crippen LogP contribution is -2.51. The van der Waals surface area contributed by atoms with E-state index in [0.717, 1.165) is 38.8 Å². The molecule has 2 aliphatic heterocycles. The lowest BCUT2D eigenvalue weighted by molar-refractivity contribution is -0.286. The van der Waals surface area contributed by atoms with Gasteiger partial charge in [-0.05, 0) is 68.0 Å². The molecule has 0 spiro atoms. The maximum atomic E-state index is 13.6. The van der Waals surface area contributed by atoms with E-state index in [0.29, 0.717) is 23.7 Å². The molecule has 2 amide bonds. The van der Waals surface area contributed by atoms with E-state index in [2.05, 4.69) is 25.4 Å². The molecular formula is C29H39F2N3O5. The van der Waals surface area contributed by atoms with Crippen LogP contribution in [-0.2, 0) is 9.59 Å². The summed E-state index contributed by atoms with van der Waals surface area (Å²) in [5, 5.41) is 9.96. The Hall–Kier alpha value is -2.62. The smallest absolute Gasteiger partial charge is 0.484 e. The van der Waals surface area contributed by atoms with Gasteiger partial charge in [-0.3, -0.25) is 9.59 Å². The first-order valence-corrected chi connectivity index (χ1v) is 14.7. The molecule has 6 rings (SSSR count). The van der Waals surface area contributed by atoms with Crippen LogP contribution in [0.1, 0.15) is 64.2 Å². The van der Waals surface area contributed by atoms with Gasteiger partial charge in [0.25, 0.3) is 5.91 Å². The van der Waals surface area contributed by atoms with Gasteiger partial charge in [0.05, 0.1) is 5.92 Å². The second-order valence-corrected chi connectivity index (χ2v) is 12.0. The second-order valence-electron chi connectivity index (χ2n) is 12.0. The maximum absolute atomic E-state index is 13.6. The standard InChI is InChI=1S/C29H39F2N3O5/c30-29(31)38-25-10-7-18(13-26(25)39-29)37-16-27(35)33-23-14-24(21-9-8-20(21)23)34-28(36)22-15-32-12-11-19(22)17-5-3-1-2-4-6-17/h7,10,13,17,19-24,32H,1-6,8-9,11-12,14-16H2,(H,33,35)(H,34,36)/t19?,20?,21?,22?,23?,24-/m0/s1. The number of carbonyl (C=O) groups excluding carboxylic acids is 2. The molecule has 0 bridgehead atoms. The number of carbonyl (C=O) groups is 2. The quantitative estimate of drug-likeness (QED) is 0.447. The van der Waals surface area contributed by atoms with Gasteiger partial charge >= 0.3 is 6.29 Å². The molecule has 10 heteroatoms. The topological polar surface area (TPSA) is 97.9 Å². The summed E-state index contributed by atoms with van der Waals surface area (Å²) in [5.41, 5.74) is 0. The number of hydrogen-bond donors (Lipinski definition) is 3. The highest BCUT2D eigenvalue weighted by molar-refractivity contribution is 5.80. The fraction of sp³-hybridized carbons (Fsp3) is 0.724. The van der Waals surface area contributed by atoms with Crippen molar-refractivity contribution in [1.82, 2.24) is 16.0 Å². The van der Waals surface area contributed by atoms with Crippen LogP contribution in [-0.4, -0.2) is 49.9 Å². The molecule has 6 atom stereocenters. The number of fused-ring (bicyclic) bond motifs is 2. The summed E-state index contributed by atoms with van der Waals surface area (Å²) in [6, 6.07) is 4.14.